The molecule has 1 unspecified atom stereocenters. The summed E-state index contributed by atoms with van der Waals surface area (Å²) in [6.45, 7) is 5.94. The number of hydrogen-bond acceptors (Lipinski definition) is 1. The van der Waals surface area contributed by atoms with Crippen LogP contribution in [-0.2, 0) is 0 Å². The molecule has 2 heteroatoms. The first-order chi connectivity index (χ1) is 3.18. The van der Waals surface area contributed by atoms with Crippen molar-refractivity contribution in [2.24, 2.45) is 0 Å². The summed E-state index contributed by atoms with van der Waals surface area (Å²) in [6, 6.07) is 0. The van der Waals surface area contributed by atoms with E-state index in [4.69, 9.17) is 0 Å². The molecule has 0 saturated carbocycles. The highest BCUT2D eigenvalue weighted by Gasteiger charge is 1.96. The Labute approximate surface area is 47.3 Å². The van der Waals surface area contributed by atoms with E-state index in [2.05, 4.69) is 37.5 Å². The van der Waals surface area contributed by atoms with Gasteiger partial charge in [-0.25, -0.2) is 0 Å². The van der Waals surface area contributed by atoms with Crippen LogP contribution in [0.25, 0.3) is 0 Å². The Kier molecular flexibility index (Phi) is 2.95. The highest BCUT2D eigenvalue weighted by atomic mass is 28.3. The normalized spacial score (nSPS) is 14.3. The van der Waals surface area contributed by atoms with Crippen molar-refractivity contribution in [1.82, 2.24) is 4.57 Å². The predicted molar refractivity (Wildman–Crippen MR) is 36.9 cm³/mol. The smallest absolute Gasteiger partial charge is 0.132 e. The van der Waals surface area contributed by atoms with Gasteiger partial charge in [0, 0.05) is 0 Å². The van der Waals surface area contributed by atoms with Crippen LogP contribution in [0.1, 0.15) is 0 Å². The molecule has 0 rings (SSSR count). The third kappa shape index (κ3) is 2.59. The topological polar surface area (TPSA) is 3.24 Å². The lowest BCUT2D eigenvalue weighted by molar-refractivity contribution is 0.652. The number of rotatable bonds is 2. The Hall–Kier alpha value is -0.0831. The summed E-state index contributed by atoms with van der Waals surface area (Å²) < 4.78 is 2.24. The lowest BCUT2D eigenvalue weighted by Gasteiger charge is -2.12. The number of hydrogen-bond donors (Lipinski definition) is 0. The molecule has 0 fully saturated rings. The molecule has 0 aromatic rings. The number of nitrogens with zero attached hydrogens (tertiary/aromatic N) is 1. The van der Waals surface area contributed by atoms with Crippen molar-refractivity contribution in [3.8, 4) is 0 Å². The van der Waals surface area contributed by atoms with E-state index in [0.717, 1.165) is 0 Å². The fraction of sp³-hybridized carbons (Fsp3) is 0.600. The SMILES string of the molecule is C=C[SiH](C)N(C)C. The van der Waals surface area contributed by atoms with Gasteiger partial charge in [-0.2, -0.15) is 0 Å². The second-order valence-electron chi connectivity index (χ2n) is 1.94. The van der Waals surface area contributed by atoms with Crippen molar-refractivity contribution in [2.75, 3.05) is 14.1 Å². The minimum Gasteiger partial charge on any atom is -0.328 e. The molecule has 0 aliphatic rings. The molecule has 42 valence electrons. The van der Waals surface area contributed by atoms with Crippen LogP contribution in [0.3, 0.4) is 0 Å². The second kappa shape index (κ2) is 2.99. The maximum absolute atomic E-state index is 3.70. The van der Waals surface area contributed by atoms with Crippen molar-refractivity contribution < 1.29 is 0 Å². The second-order valence-corrected chi connectivity index (χ2v) is 4.93. The Bertz CT molecular complexity index is 61.1. The Balaban J connectivity index is 3.33. The molecule has 0 saturated heterocycles. The maximum Gasteiger partial charge on any atom is 0.132 e. The van der Waals surface area contributed by atoms with Gasteiger partial charge in [0.15, 0.2) is 0 Å². The van der Waals surface area contributed by atoms with Gasteiger partial charge < -0.3 is 4.57 Å². The molecule has 0 aromatic heterocycles. The molecule has 0 aliphatic heterocycles. The van der Waals surface area contributed by atoms with E-state index in [0.29, 0.717) is 0 Å². The van der Waals surface area contributed by atoms with Gasteiger partial charge in [0.05, 0.1) is 0 Å². The molecular formula is C5H13NSi. The standard InChI is InChI=1S/C5H13NSi/c1-5-7(4)6(2)3/h5,7H,1H2,2-4H3. The molecular weight excluding hydrogens is 102 g/mol. The van der Waals surface area contributed by atoms with E-state index < -0.39 is 8.96 Å². The maximum atomic E-state index is 3.70. The minimum atomic E-state index is -0.657. The van der Waals surface area contributed by atoms with Crippen LogP contribution >= 0.6 is 0 Å². The van der Waals surface area contributed by atoms with Gasteiger partial charge in [-0.1, -0.05) is 12.2 Å². The van der Waals surface area contributed by atoms with Crippen LogP contribution in [0, 0.1) is 0 Å². The summed E-state index contributed by atoms with van der Waals surface area (Å²) in [6.07, 6.45) is 0. The minimum absolute atomic E-state index is 0.657. The summed E-state index contributed by atoms with van der Waals surface area (Å²) in [5, 5.41) is 0. The van der Waals surface area contributed by atoms with Gasteiger partial charge in [-0.05, 0) is 14.1 Å². The first-order valence-electron chi connectivity index (χ1n) is 2.47. The van der Waals surface area contributed by atoms with Gasteiger partial charge in [0.1, 0.15) is 8.96 Å². The van der Waals surface area contributed by atoms with Crippen molar-refractivity contribution in [3.05, 3.63) is 12.3 Å². The van der Waals surface area contributed by atoms with E-state index in [1.165, 1.54) is 0 Å². The molecule has 0 aromatic carbocycles. The van der Waals surface area contributed by atoms with E-state index in [1.54, 1.807) is 0 Å². The van der Waals surface area contributed by atoms with E-state index in [1.807, 2.05) is 0 Å². The molecule has 0 N–H and O–H groups in total. The van der Waals surface area contributed by atoms with Crippen LogP contribution in [0.4, 0.5) is 0 Å². The molecule has 0 heterocycles. The Morgan fingerprint density at radius 3 is 2.00 bits per heavy atom. The van der Waals surface area contributed by atoms with Gasteiger partial charge in [0.25, 0.3) is 0 Å². The van der Waals surface area contributed by atoms with Gasteiger partial charge in [0.2, 0.25) is 0 Å². The monoisotopic (exact) mass is 115 g/mol. The zero-order valence-corrected chi connectivity index (χ0v) is 6.46. The first-order valence-corrected chi connectivity index (χ1v) is 4.81. The average Bonchev–Trinajstić information content (AvgIpc) is 1.65. The molecule has 0 spiro atoms. The fourth-order valence-corrected chi connectivity index (χ4v) is 0.632. The fourth-order valence-electron chi connectivity index (χ4n) is 0.211. The van der Waals surface area contributed by atoms with Crippen LogP contribution in [0.5, 0.6) is 0 Å². The van der Waals surface area contributed by atoms with Crippen molar-refractivity contribution in [1.29, 1.82) is 0 Å². The molecule has 0 radical (unpaired) electrons. The summed E-state index contributed by atoms with van der Waals surface area (Å²) in [5.74, 6) is 0. The third-order valence-electron chi connectivity index (χ3n) is 1.16. The highest BCUT2D eigenvalue weighted by Crippen LogP contribution is 1.83. The van der Waals surface area contributed by atoms with Gasteiger partial charge >= 0.3 is 0 Å². The van der Waals surface area contributed by atoms with Crippen LogP contribution in [-0.4, -0.2) is 27.6 Å². The first kappa shape index (κ1) is 6.92. The van der Waals surface area contributed by atoms with Crippen LogP contribution in [0.15, 0.2) is 12.3 Å². The summed E-state index contributed by atoms with van der Waals surface area (Å²) in [4.78, 5) is 0. The zero-order valence-electron chi connectivity index (χ0n) is 5.31. The quantitative estimate of drug-likeness (QED) is 0.477. The average molecular weight is 115 g/mol. The van der Waals surface area contributed by atoms with Crippen molar-refractivity contribution in [2.45, 2.75) is 6.55 Å². The van der Waals surface area contributed by atoms with Crippen LogP contribution in [0.2, 0.25) is 6.55 Å². The Morgan fingerprint density at radius 1 is 1.57 bits per heavy atom. The van der Waals surface area contributed by atoms with E-state index in [-0.39, 0.29) is 0 Å². The third-order valence-corrected chi connectivity index (χ3v) is 3.47. The predicted octanol–water partition coefficient (Wildman–Crippen LogP) is 0.627. The summed E-state index contributed by atoms with van der Waals surface area (Å²) >= 11 is 0. The van der Waals surface area contributed by atoms with Gasteiger partial charge in [-0.3, -0.25) is 0 Å². The van der Waals surface area contributed by atoms with E-state index >= 15 is 0 Å². The molecule has 1 nitrogen and oxygen atoms in total. The lowest BCUT2D eigenvalue weighted by Crippen LogP contribution is -2.26. The summed E-state index contributed by atoms with van der Waals surface area (Å²) in [5.41, 5.74) is 2.06. The van der Waals surface area contributed by atoms with Crippen LogP contribution < -0.4 is 0 Å². The van der Waals surface area contributed by atoms with Crippen molar-refractivity contribution in [3.63, 3.8) is 0 Å². The largest absolute Gasteiger partial charge is 0.328 e. The van der Waals surface area contributed by atoms with E-state index in [9.17, 15) is 0 Å². The molecule has 0 aliphatic carbocycles. The zero-order chi connectivity index (χ0) is 5.86. The Morgan fingerprint density at radius 2 is 2.00 bits per heavy atom. The van der Waals surface area contributed by atoms with Gasteiger partial charge in [-0.15, -0.1) is 6.58 Å². The van der Waals surface area contributed by atoms with Crippen molar-refractivity contribution >= 4 is 8.96 Å². The lowest BCUT2D eigenvalue weighted by atomic mass is 11.2. The summed E-state index contributed by atoms with van der Waals surface area (Å²) in [7, 11) is 3.53. The molecule has 0 amide bonds. The highest BCUT2D eigenvalue weighted by molar-refractivity contribution is 6.59. The molecule has 7 heavy (non-hydrogen) atoms. The molecule has 0 bridgehead atoms. The molecule has 1 atom stereocenters.